The third-order valence-electron chi connectivity index (χ3n) is 8.49. The number of anilines is 1. The van der Waals surface area contributed by atoms with Gasteiger partial charge in [-0.15, -0.1) is 0 Å². The average molecular weight is 646 g/mol. The summed E-state index contributed by atoms with van der Waals surface area (Å²) in [7, 11) is 0. The van der Waals surface area contributed by atoms with E-state index >= 15 is 0 Å². The summed E-state index contributed by atoms with van der Waals surface area (Å²) in [5, 5.41) is 32.2. The topological polar surface area (TPSA) is 143 Å². The maximum Gasteiger partial charge on any atom is 0.271 e. The van der Waals surface area contributed by atoms with Crippen LogP contribution in [0.15, 0.2) is 82.5 Å². The number of hydrogen-bond donors (Lipinski definition) is 2. The molecular weight excluding hydrogens is 618 g/mol. The number of carbonyl (C=O) groups is 2. The number of aromatic nitrogens is 1. The molecule has 10 nitrogen and oxygen atoms in total. The number of halogens is 1. The number of rotatable bonds is 8. The van der Waals surface area contributed by atoms with Crippen molar-refractivity contribution < 1.29 is 29.5 Å². The van der Waals surface area contributed by atoms with Crippen LogP contribution < -0.4 is 4.90 Å². The maximum atomic E-state index is 13.7. The van der Waals surface area contributed by atoms with Crippen LogP contribution in [0.1, 0.15) is 30.5 Å². The Labute approximate surface area is 255 Å². The quantitative estimate of drug-likeness (QED) is 0.146. The van der Waals surface area contributed by atoms with E-state index in [-0.39, 0.29) is 48.8 Å². The number of amides is 2. The summed E-state index contributed by atoms with van der Waals surface area (Å²) in [5.41, 5.74) is 3.78. The van der Waals surface area contributed by atoms with Gasteiger partial charge in [0.25, 0.3) is 5.69 Å². The molecule has 11 heteroatoms. The van der Waals surface area contributed by atoms with Crippen molar-refractivity contribution in [2.24, 2.45) is 17.8 Å². The summed E-state index contributed by atoms with van der Waals surface area (Å²) < 4.78 is 7.07. The Morgan fingerprint density at radius 2 is 1.95 bits per heavy atom. The van der Waals surface area contributed by atoms with E-state index in [0.717, 1.165) is 26.2 Å². The highest BCUT2D eigenvalue weighted by molar-refractivity contribution is 9.10. The van der Waals surface area contributed by atoms with E-state index in [1.54, 1.807) is 18.3 Å². The Morgan fingerprint density at radius 3 is 2.70 bits per heavy atom. The van der Waals surface area contributed by atoms with Crippen molar-refractivity contribution in [3.8, 4) is 5.75 Å². The van der Waals surface area contributed by atoms with Crippen molar-refractivity contribution in [2.45, 2.75) is 25.4 Å². The summed E-state index contributed by atoms with van der Waals surface area (Å²) in [6.07, 6.45) is 4.49. The standard InChI is InChI=1S/C32H28BrN3O7/c33-21-8-9-27(38)19(13-21)12-18(26-6-1-2-11-34-26)7-10-28-29-20(16-37)14-24-30(25(29)17-43-28)32(40)35(31(24)39)22-4-3-5-23(15-22)36(41)42/h1-6,8-9,11-13,15,24-25,28,30,37-38H,7,10,14,16-17H2/b18-12-/t24-,25+,28-,30-/m1/s1. The van der Waals surface area contributed by atoms with Crippen LogP contribution in [-0.2, 0) is 14.3 Å². The molecular formula is C32H28BrN3O7. The molecule has 2 N–H and O–H groups in total. The second-order valence-electron chi connectivity index (χ2n) is 10.9. The lowest BCUT2D eigenvalue weighted by Crippen LogP contribution is -2.35. The number of aromatic hydroxyl groups is 1. The summed E-state index contributed by atoms with van der Waals surface area (Å²) in [4.78, 5) is 43.6. The van der Waals surface area contributed by atoms with E-state index in [1.165, 1.54) is 24.3 Å². The second kappa shape index (κ2) is 11.8. The molecule has 43 heavy (non-hydrogen) atoms. The molecule has 6 rings (SSSR count). The van der Waals surface area contributed by atoms with Gasteiger partial charge in [-0.05, 0) is 78.5 Å². The molecule has 1 aliphatic carbocycles. The minimum atomic E-state index is -0.675. The third kappa shape index (κ3) is 5.39. The first-order chi connectivity index (χ1) is 20.8. The predicted octanol–water partition coefficient (Wildman–Crippen LogP) is 5.29. The number of hydrogen-bond acceptors (Lipinski definition) is 8. The molecule has 0 saturated carbocycles. The normalized spacial score (nSPS) is 23.5. The highest BCUT2D eigenvalue weighted by atomic mass is 79.9. The number of nitro groups is 1. The molecule has 3 heterocycles. The van der Waals surface area contributed by atoms with Gasteiger partial charge in [-0.3, -0.25) is 24.7 Å². The molecule has 0 bridgehead atoms. The Kier molecular flexibility index (Phi) is 7.95. The van der Waals surface area contributed by atoms with Gasteiger partial charge in [0.2, 0.25) is 11.8 Å². The fourth-order valence-corrected chi connectivity index (χ4v) is 6.94. The number of phenols is 1. The lowest BCUT2D eigenvalue weighted by Gasteiger charge is -2.31. The van der Waals surface area contributed by atoms with E-state index in [9.17, 15) is 29.9 Å². The molecule has 4 atom stereocenters. The number of ether oxygens (including phenoxy) is 1. The average Bonchev–Trinajstić information content (AvgIpc) is 3.54. The second-order valence-corrected chi connectivity index (χ2v) is 11.8. The summed E-state index contributed by atoms with van der Waals surface area (Å²) in [6.45, 7) is -0.0381. The summed E-state index contributed by atoms with van der Waals surface area (Å²) >= 11 is 3.46. The zero-order chi connectivity index (χ0) is 30.2. The van der Waals surface area contributed by atoms with Crippen LogP contribution >= 0.6 is 15.9 Å². The van der Waals surface area contributed by atoms with Crippen LogP contribution in [0.4, 0.5) is 11.4 Å². The number of aliphatic hydroxyl groups is 1. The van der Waals surface area contributed by atoms with Crippen LogP contribution in [-0.4, -0.2) is 51.3 Å². The molecule has 220 valence electrons. The van der Waals surface area contributed by atoms with E-state index in [1.807, 2.05) is 30.3 Å². The maximum absolute atomic E-state index is 13.7. The molecule has 2 amide bonds. The number of phenolic OH excluding ortho intramolecular Hbond substituents is 1. The summed E-state index contributed by atoms with van der Waals surface area (Å²) in [5.74, 6) is -2.42. The highest BCUT2D eigenvalue weighted by Crippen LogP contribution is 2.50. The number of benzene rings is 2. The lowest BCUT2D eigenvalue weighted by atomic mass is 9.69. The number of nitro benzene ring substituents is 1. The predicted molar refractivity (Wildman–Crippen MR) is 162 cm³/mol. The van der Waals surface area contributed by atoms with Crippen LogP contribution in [0.5, 0.6) is 5.75 Å². The zero-order valence-electron chi connectivity index (χ0n) is 22.9. The number of carbonyl (C=O) groups excluding carboxylic acids is 2. The van der Waals surface area contributed by atoms with Crippen molar-refractivity contribution >= 4 is 50.8 Å². The van der Waals surface area contributed by atoms with Gasteiger partial charge in [0.1, 0.15) is 5.75 Å². The SMILES string of the molecule is O=C1[C@@H]2[C@@H](CC(CO)=C3[C@@H](CC/C(=C/c4cc(Br)ccc4O)c4ccccn4)OC[C@@H]32)C(=O)N1c1cccc([N+](=O)[O-])c1. The van der Waals surface area contributed by atoms with Crippen molar-refractivity contribution in [3.05, 3.63) is 104 Å². The van der Waals surface area contributed by atoms with Gasteiger partial charge < -0.3 is 14.9 Å². The van der Waals surface area contributed by atoms with Crippen molar-refractivity contribution in [2.75, 3.05) is 18.1 Å². The molecule has 0 radical (unpaired) electrons. The van der Waals surface area contributed by atoms with Crippen LogP contribution in [0.25, 0.3) is 11.6 Å². The number of non-ortho nitro benzene ring substituents is 1. The molecule has 2 aliphatic heterocycles. The number of nitrogens with zero attached hydrogens (tertiary/aromatic N) is 3. The van der Waals surface area contributed by atoms with E-state index in [4.69, 9.17) is 4.74 Å². The van der Waals surface area contributed by atoms with E-state index < -0.39 is 28.6 Å². The third-order valence-corrected chi connectivity index (χ3v) is 8.98. The van der Waals surface area contributed by atoms with Gasteiger partial charge in [-0.2, -0.15) is 0 Å². The Balaban J connectivity index is 1.28. The molecule has 2 fully saturated rings. The monoisotopic (exact) mass is 645 g/mol. The minimum Gasteiger partial charge on any atom is -0.507 e. The first-order valence-electron chi connectivity index (χ1n) is 13.9. The Bertz CT molecular complexity index is 1670. The van der Waals surface area contributed by atoms with E-state index in [2.05, 4.69) is 20.9 Å². The largest absolute Gasteiger partial charge is 0.507 e. The number of fused-ring (bicyclic) bond motifs is 3. The Hall–Kier alpha value is -4.19. The molecule has 2 aromatic carbocycles. The first kappa shape index (κ1) is 28.9. The van der Waals surface area contributed by atoms with Gasteiger partial charge >= 0.3 is 0 Å². The van der Waals surface area contributed by atoms with Gasteiger partial charge in [0.15, 0.2) is 0 Å². The smallest absolute Gasteiger partial charge is 0.271 e. The number of imide groups is 1. The zero-order valence-corrected chi connectivity index (χ0v) is 24.5. The lowest BCUT2D eigenvalue weighted by molar-refractivity contribution is -0.384. The van der Waals surface area contributed by atoms with Crippen LogP contribution in [0.3, 0.4) is 0 Å². The highest BCUT2D eigenvalue weighted by Gasteiger charge is 2.57. The summed E-state index contributed by atoms with van der Waals surface area (Å²) in [6, 6.07) is 16.3. The Morgan fingerprint density at radius 1 is 1.12 bits per heavy atom. The van der Waals surface area contributed by atoms with Crippen molar-refractivity contribution in [3.63, 3.8) is 0 Å². The fourth-order valence-electron chi connectivity index (χ4n) is 6.56. The molecule has 0 unspecified atom stereocenters. The minimum absolute atomic E-state index is 0.134. The molecule has 3 aliphatic rings. The van der Waals surface area contributed by atoms with Gasteiger partial charge in [0.05, 0.1) is 47.5 Å². The van der Waals surface area contributed by atoms with Crippen molar-refractivity contribution in [1.82, 2.24) is 4.98 Å². The molecule has 2 saturated heterocycles. The van der Waals surface area contributed by atoms with Gasteiger partial charge in [-0.1, -0.05) is 28.1 Å². The molecule has 0 spiro atoms. The van der Waals surface area contributed by atoms with Gasteiger partial charge in [0, 0.05) is 34.3 Å². The van der Waals surface area contributed by atoms with E-state index in [0.29, 0.717) is 24.0 Å². The number of aliphatic hydroxyl groups excluding tert-OH is 1. The number of allylic oxidation sites excluding steroid dienone is 1. The van der Waals surface area contributed by atoms with Crippen LogP contribution in [0, 0.1) is 27.9 Å². The van der Waals surface area contributed by atoms with Crippen molar-refractivity contribution in [1.29, 1.82) is 0 Å². The molecule has 1 aromatic heterocycles. The van der Waals surface area contributed by atoms with Gasteiger partial charge in [-0.25, -0.2) is 4.90 Å². The first-order valence-corrected chi connectivity index (χ1v) is 14.7. The number of pyridine rings is 1. The van der Waals surface area contributed by atoms with Crippen LogP contribution in [0.2, 0.25) is 0 Å². The molecule has 3 aromatic rings. The fraction of sp³-hybridized carbons (Fsp3) is 0.281.